The molecule has 7 heteroatoms. The van der Waals surface area contributed by atoms with Gasteiger partial charge in [-0.15, -0.1) is 16.4 Å². The molecule has 0 spiro atoms. The van der Waals surface area contributed by atoms with Crippen LogP contribution in [0.15, 0.2) is 17.5 Å². The Bertz CT molecular complexity index is 534. The molecule has 96 valence electrons. The summed E-state index contributed by atoms with van der Waals surface area (Å²) in [6.45, 7) is 3.57. The van der Waals surface area contributed by atoms with Gasteiger partial charge >= 0.3 is 0 Å². The summed E-state index contributed by atoms with van der Waals surface area (Å²) in [6, 6.07) is 3.71. The van der Waals surface area contributed by atoms with Gasteiger partial charge in [0.05, 0.1) is 12.2 Å². The molecule has 0 aliphatic rings. The Kier molecular flexibility index (Phi) is 3.74. The fourth-order valence-electron chi connectivity index (χ4n) is 1.44. The van der Waals surface area contributed by atoms with E-state index in [0.717, 1.165) is 16.4 Å². The van der Waals surface area contributed by atoms with E-state index in [4.69, 9.17) is 0 Å². The maximum atomic E-state index is 11.9. The molecule has 2 aromatic heterocycles. The van der Waals surface area contributed by atoms with E-state index in [1.165, 1.54) is 11.3 Å². The van der Waals surface area contributed by atoms with Crippen molar-refractivity contribution < 1.29 is 9.90 Å². The van der Waals surface area contributed by atoms with Crippen LogP contribution in [0.2, 0.25) is 0 Å². The van der Waals surface area contributed by atoms with Crippen LogP contribution in [0, 0.1) is 6.92 Å². The van der Waals surface area contributed by atoms with Gasteiger partial charge in [-0.2, -0.15) is 0 Å². The van der Waals surface area contributed by atoms with Gasteiger partial charge in [-0.25, -0.2) is 0 Å². The van der Waals surface area contributed by atoms with Crippen molar-refractivity contribution in [3.63, 3.8) is 0 Å². The number of hydrogen-bond donors (Lipinski definition) is 2. The zero-order valence-corrected chi connectivity index (χ0v) is 11.6. The van der Waals surface area contributed by atoms with Gasteiger partial charge in [-0.1, -0.05) is 10.6 Å². The van der Waals surface area contributed by atoms with Gasteiger partial charge in [0.1, 0.15) is 10.5 Å². The SMILES string of the molecule is Cc1nnsc1C(=O)NCC(C)(O)c1cccs1. The number of nitrogens with zero attached hydrogens (tertiary/aromatic N) is 2. The highest BCUT2D eigenvalue weighted by atomic mass is 32.1. The average molecular weight is 283 g/mol. The third-order valence-corrected chi connectivity index (χ3v) is 4.45. The monoisotopic (exact) mass is 283 g/mol. The zero-order valence-electron chi connectivity index (χ0n) is 10.0. The maximum absolute atomic E-state index is 11.9. The second-order valence-corrected chi connectivity index (χ2v) is 5.82. The molecular formula is C11H13N3O2S2. The summed E-state index contributed by atoms with van der Waals surface area (Å²) in [5.74, 6) is -0.251. The fraction of sp³-hybridized carbons (Fsp3) is 0.364. The molecule has 0 aliphatic heterocycles. The third kappa shape index (κ3) is 2.74. The van der Waals surface area contributed by atoms with Crippen molar-refractivity contribution in [2.24, 2.45) is 0 Å². The van der Waals surface area contributed by atoms with Crippen molar-refractivity contribution in [2.45, 2.75) is 19.4 Å². The van der Waals surface area contributed by atoms with E-state index >= 15 is 0 Å². The maximum Gasteiger partial charge on any atom is 0.265 e. The van der Waals surface area contributed by atoms with Gasteiger partial charge in [0.25, 0.3) is 5.91 Å². The van der Waals surface area contributed by atoms with Gasteiger partial charge in [0, 0.05) is 4.88 Å². The Morgan fingerprint density at radius 3 is 2.94 bits per heavy atom. The van der Waals surface area contributed by atoms with E-state index in [1.54, 1.807) is 13.8 Å². The fourth-order valence-corrected chi connectivity index (χ4v) is 2.80. The van der Waals surface area contributed by atoms with Crippen LogP contribution < -0.4 is 5.32 Å². The van der Waals surface area contributed by atoms with Crippen molar-refractivity contribution in [3.05, 3.63) is 33.0 Å². The van der Waals surface area contributed by atoms with Gasteiger partial charge in [-0.3, -0.25) is 4.79 Å². The summed E-state index contributed by atoms with van der Waals surface area (Å²) in [5.41, 5.74) is -0.455. The van der Waals surface area contributed by atoms with Crippen molar-refractivity contribution in [1.82, 2.24) is 14.9 Å². The topological polar surface area (TPSA) is 75.1 Å². The van der Waals surface area contributed by atoms with E-state index in [1.807, 2.05) is 17.5 Å². The van der Waals surface area contributed by atoms with Gasteiger partial charge in [0.2, 0.25) is 0 Å². The molecule has 18 heavy (non-hydrogen) atoms. The van der Waals surface area contributed by atoms with E-state index in [2.05, 4.69) is 14.9 Å². The lowest BCUT2D eigenvalue weighted by Crippen LogP contribution is -2.38. The molecule has 1 atom stereocenters. The van der Waals surface area contributed by atoms with Crippen LogP contribution in [-0.4, -0.2) is 27.1 Å². The van der Waals surface area contributed by atoms with Crippen molar-refractivity contribution in [3.8, 4) is 0 Å². The molecule has 2 heterocycles. The number of thiophene rings is 1. The highest BCUT2D eigenvalue weighted by molar-refractivity contribution is 7.10. The highest BCUT2D eigenvalue weighted by Gasteiger charge is 2.25. The lowest BCUT2D eigenvalue weighted by atomic mass is 10.1. The molecule has 0 aromatic carbocycles. The number of hydrogen-bond acceptors (Lipinski definition) is 6. The third-order valence-electron chi connectivity index (χ3n) is 2.50. The number of aromatic nitrogens is 2. The van der Waals surface area contributed by atoms with Crippen molar-refractivity contribution in [1.29, 1.82) is 0 Å². The smallest absolute Gasteiger partial charge is 0.265 e. The quantitative estimate of drug-likeness (QED) is 0.892. The first-order valence-electron chi connectivity index (χ1n) is 5.34. The number of rotatable bonds is 4. The summed E-state index contributed by atoms with van der Waals surface area (Å²) in [6.07, 6.45) is 0. The molecule has 0 fully saturated rings. The summed E-state index contributed by atoms with van der Waals surface area (Å²) < 4.78 is 3.71. The summed E-state index contributed by atoms with van der Waals surface area (Å²) in [7, 11) is 0. The number of carbonyl (C=O) groups excluding carboxylic acids is 1. The molecule has 0 saturated carbocycles. The second kappa shape index (κ2) is 5.13. The molecule has 2 N–H and O–H groups in total. The number of aliphatic hydroxyl groups is 1. The minimum Gasteiger partial charge on any atom is -0.383 e. The lowest BCUT2D eigenvalue weighted by Gasteiger charge is -2.22. The summed E-state index contributed by atoms with van der Waals surface area (Å²) in [4.78, 5) is 13.2. The van der Waals surface area contributed by atoms with Crippen LogP contribution in [0.4, 0.5) is 0 Å². The first-order chi connectivity index (χ1) is 8.50. The Balaban J connectivity index is 2.00. The van der Waals surface area contributed by atoms with Crippen LogP contribution >= 0.6 is 22.9 Å². The molecule has 1 amide bonds. The molecule has 0 bridgehead atoms. The van der Waals surface area contributed by atoms with Crippen molar-refractivity contribution >= 4 is 28.8 Å². The molecule has 5 nitrogen and oxygen atoms in total. The number of carbonyl (C=O) groups is 1. The molecule has 2 aromatic rings. The summed E-state index contributed by atoms with van der Waals surface area (Å²) in [5, 5.41) is 18.6. The van der Waals surface area contributed by atoms with E-state index in [0.29, 0.717) is 10.6 Å². The Hall–Kier alpha value is -1.31. The Labute approximate surface area is 113 Å². The molecule has 2 rings (SSSR count). The summed E-state index contributed by atoms with van der Waals surface area (Å²) >= 11 is 2.51. The van der Waals surface area contributed by atoms with E-state index < -0.39 is 5.60 Å². The highest BCUT2D eigenvalue weighted by Crippen LogP contribution is 2.24. The predicted octanol–water partition coefficient (Wildman–Crippen LogP) is 1.55. The average Bonchev–Trinajstić information content (AvgIpc) is 2.96. The minimum atomic E-state index is -1.06. The Morgan fingerprint density at radius 1 is 1.61 bits per heavy atom. The van der Waals surface area contributed by atoms with Crippen LogP contribution in [0.3, 0.4) is 0 Å². The zero-order chi connectivity index (χ0) is 13.2. The molecule has 0 saturated heterocycles. The molecule has 1 unspecified atom stereocenters. The minimum absolute atomic E-state index is 0.156. The first-order valence-corrected chi connectivity index (χ1v) is 6.99. The van der Waals surface area contributed by atoms with Gasteiger partial charge in [0.15, 0.2) is 0 Å². The number of aryl methyl sites for hydroxylation is 1. The molecule has 0 radical (unpaired) electrons. The van der Waals surface area contributed by atoms with Gasteiger partial charge < -0.3 is 10.4 Å². The predicted molar refractivity (Wildman–Crippen MR) is 70.9 cm³/mol. The van der Waals surface area contributed by atoms with Crippen LogP contribution in [0.5, 0.6) is 0 Å². The van der Waals surface area contributed by atoms with Gasteiger partial charge in [-0.05, 0) is 36.8 Å². The number of nitrogens with one attached hydrogen (secondary N) is 1. The number of amides is 1. The van der Waals surface area contributed by atoms with Crippen LogP contribution in [0.1, 0.15) is 27.2 Å². The Morgan fingerprint density at radius 2 is 2.39 bits per heavy atom. The largest absolute Gasteiger partial charge is 0.383 e. The van der Waals surface area contributed by atoms with E-state index in [9.17, 15) is 9.90 Å². The normalized spacial score (nSPS) is 14.2. The molecule has 0 aliphatic carbocycles. The first kappa shape index (κ1) is 13.1. The van der Waals surface area contributed by atoms with Crippen LogP contribution in [-0.2, 0) is 5.60 Å². The van der Waals surface area contributed by atoms with Crippen LogP contribution in [0.25, 0.3) is 0 Å². The standard InChI is InChI=1S/C11H13N3O2S2/c1-7-9(18-14-13-7)10(15)12-6-11(2,16)8-4-3-5-17-8/h3-5,16H,6H2,1-2H3,(H,12,15). The molecular weight excluding hydrogens is 270 g/mol. The lowest BCUT2D eigenvalue weighted by molar-refractivity contribution is 0.0557. The second-order valence-electron chi connectivity index (χ2n) is 4.12. The van der Waals surface area contributed by atoms with Crippen molar-refractivity contribution in [2.75, 3.05) is 6.54 Å². The van der Waals surface area contributed by atoms with E-state index in [-0.39, 0.29) is 12.5 Å².